The average Bonchev–Trinajstić information content (AvgIpc) is 2.40. The summed E-state index contributed by atoms with van der Waals surface area (Å²) in [6, 6.07) is 6.62. The van der Waals surface area contributed by atoms with Crippen molar-refractivity contribution in [3.8, 4) is 11.1 Å². The van der Waals surface area contributed by atoms with Gasteiger partial charge in [-0.05, 0) is 13.0 Å². The molecule has 2 aromatic rings. The van der Waals surface area contributed by atoms with Crippen molar-refractivity contribution in [3.05, 3.63) is 43.0 Å². The largest absolute Gasteiger partial charge is 0.297 e. The van der Waals surface area contributed by atoms with Crippen LogP contribution in [-0.4, -0.2) is 25.0 Å². The number of hydrogen-bond acceptors (Lipinski definition) is 5. The molecule has 18 heavy (non-hydrogen) atoms. The number of rotatable bonds is 4. The maximum absolute atomic E-state index is 12.0. The van der Waals surface area contributed by atoms with Gasteiger partial charge < -0.3 is 0 Å². The summed E-state index contributed by atoms with van der Waals surface area (Å²) in [4.78, 5) is 7.89. The SMILES string of the molecule is CCOS(=O)(=O)c1ccccc1-c1cncnc1. The van der Waals surface area contributed by atoms with Gasteiger partial charge in [0.1, 0.15) is 11.2 Å². The third-order valence-electron chi connectivity index (χ3n) is 2.30. The van der Waals surface area contributed by atoms with E-state index >= 15 is 0 Å². The molecule has 0 saturated heterocycles. The normalized spacial score (nSPS) is 11.4. The molecule has 0 atom stereocenters. The summed E-state index contributed by atoms with van der Waals surface area (Å²) in [6.45, 7) is 1.73. The smallest absolute Gasteiger partial charge is 0.267 e. The van der Waals surface area contributed by atoms with Crippen LogP contribution in [0.5, 0.6) is 0 Å². The fourth-order valence-electron chi connectivity index (χ4n) is 1.58. The Morgan fingerprint density at radius 2 is 1.83 bits per heavy atom. The molecule has 0 aliphatic carbocycles. The molecule has 1 aromatic carbocycles. The Hall–Kier alpha value is -1.79. The predicted octanol–water partition coefficient (Wildman–Crippen LogP) is 1.87. The summed E-state index contributed by atoms with van der Waals surface area (Å²) < 4.78 is 28.7. The van der Waals surface area contributed by atoms with E-state index in [4.69, 9.17) is 4.18 Å². The fraction of sp³-hybridized carbons (Fsp3) is 0.167. The van der Waals surface area contributed by atoms with E-state index < -0.39 is 10.1 Å². The van der Waals surface area contributed by atoms with Gasteiger partial charge in [-0.15, -0.1) is 0 Å². The molecule has 1 heterocycles. The quantitative estimate of drug-likeness (QED) is 0.788. The van der Waals surface area contributed by atoms with Gasteiger partial charge >= 0.3 is 0 Å². The van der Waals surface area contributed by atoms with Crippen LogP contribution >= 0.6 is 0 Å². The fourth-order valence-corrected chi connectivity index (χ4v) is 2.72. The van der Waals surface area contributed by atoms with E-state index in [1.54, 1.807) is 37.5 Å². The summed E-state index contributed by atoms with van der Waals surface area (Å²) in [6.07, 6.45) is 4.52. The Morgan fingerprint density at radius 3 is 2.50 bits per heavy atom. The van der Waals surface area contributed by atoms with Crippen molar-refractivity contribution >= 4 is 10.1 Å². The molecule has 6 heteroatoms. The van der Waals surface area contributed by atoms with Crippen LogP contribution in [0, 0.1) is 0 Å². The van der Waals surface area contributed by atoms with E-state index in [-0.39, 0.29) is 11.5 Å². The lowest BCUT2D eigenvalue weighted by Gasteiger charge is -2.09. The molecular formula is C12H12N2O3S. The monoisotopic (exact) mass is 264 g/mol. The molecule has 0 radical (unpaired) electrons. The summed E-state index contributed by atoms with van der Waals surface area (Å²) in [5.41, 5.74) is 1.17. The van der Waals surface area contributed by atoms with Gasteiger partial charge in [-0.1, -0.05) is 18.2 Å². The molecule has 0 fully saturated rings. The molecule has 0 N–H and O–H groups in total. The zero-order valence-electron chi connectivity index (χ0n) is 9.78. The van der Waals surface area contributed by atoms with Crippen LogP contribution < -0.4 is 0 Å². The molecule has 1 aromatic heterocycles. The Morgan fingerprint density at radius 1 is 1.17 bits per heavy atom. The van der Waals surface area contributed by atoms with Gasteiger partial charge in [0, 0.05) is 23.5 Å². The first kappa shape index (κ1) is 12.7. The minimum absolute atomic E-state index is 0.0992. The van der Waals surface area contributed by atoms with Gasteiger partial charge in [0.15, 0.2) is 0 Å². The second-order valence-corrected chi connectivity index (χ2v) is 5.07. The van der Waals surface area contributed by atoms with Crippen LogP contribution in [0.1, 0.15) is 6.92 Å². The highest BCUT2D eigenvalue weighted by atomic mass is 32.2. The maximum atomic E-state index is 12.0. The van der Waals surface area contributed by atoms with Crippen molar-refractivity contribution in [1.29, 1.82) is 0 Å². The van der Waals surface area contributed by atoms with Crippen molar-refractivity contribution in [2.45, 2.75) is 11.8 Å². The molecule has 5 nitrogen and oxygen atoms in total. The van der Waals surface area contributed by atoms with Crippen molar-refractivity contribution < 1.29 is 12.6 Å². The van der Waals surface area contributed by atoms with E-state index in [1.165, 1.54) is 12.4 Å². The van der Waals surface area contributed by atoms with Gasteiger partial charge in [0.25, 0.3) is 10.1 Å². The summed E-state index contributed by atoms with van der Waals surface area (Å²) in [5.74, 6) is 0. The molecule has 0 amide bonds. The van der Waals surface area contributed by atoms with Crippen LogP contribution in [0.25, 0.3) is 11.1 Å². The molecule has 0 saturated carbocycles. The zero-order valence-corrected chi connectivity index (χ0v) is 10.6. The standard InChI is InChI=1S/C12H12N2O3S/c1-2-17-18(15,16)12-6-4-3-5-11(12)10-7-13-9-14-8-10/h3-9H,2H2,1H3. The van der Waals surface area contributed by atoms with Crippen LogP contribution in [0.15, 0.2) is 47.9 Å². The second kappa shape index (κ2) is 5.24. The minimum Gasteiger partial charge on any atom is -0.267 e. The van der Waals surface area contributed by atoms with Crippen molar-refractivity contribution in [3.63, 3.8) is 0 Å². The van der Waals surface area contributed by atoms with Crippen LogP contribution in [-0.2, 0) is 14.3 Å². The lowest BCUT2D eigenvalue weighted by atomic mass is 10.1. The van der Waals surface area contributed by atoms with E-state index in [9.17, 15) is 8.42 Å². The summed E-state index contributed by atoms with van der Waals surface area (Å²) in [7, 11) is -3.74. The molecular weight excluding hydrogens is 252 g/mol. The highest BCUT2D eigenvalue weighted by Crippen LogP contribution is 2.27. The third kappa shape index (κ3) is 2.55. The first-order valence-corrected chi connectivity index (χ1v) is 6.80. The molecule has 2 rings (SSSR count). The topological polar surface area (TPSA) is 69.2 Å². The molecule has 0 spiro atoms. The van der Waals surface area contributed by atoms with Crippen LogP contribution in [0.2, 0.25) is 0 Å². The van der Waals surface area contributed by atoms with Crippen LogP contribution in [0.4, 0.5) is 0 Å². The van der Waals surface area contributed by atoms with Crippen LogP contribution in [0.3, 0.4) is 0 Å². The molecule has 0 bridgehead atoms. The number of nitrogens with zero attached hydrogens (tertiary/aromatic N) is 2. The summed E-state index contributed by atoms with van der Waals surface area (Å²) in [5, 5.41) is 0. The van der Waals surface area contributed by atoms with E-state index in [2.05, 4.69) is 9.97 Å². The maximum Gasteiger partial charge on any atom is 0.297 e. The molecule has 0 unspecified atom stereocenters. The second-order valence-electron chi connectivity index (χ2n) is 3.48. The lowest BCUT2D eigenvalue weighted by Crippen LogP contribution is -2.07. The average molecular weight is 264 g/mol. The van der Waals surface area contributed by atoms with E-state index in [0.29, 0.717) is 11.1 Å². The number of hydrogen-bond donors (Lipinski definition) is 0. The minimum atomic E-state index is -3.74. The Balaban J connectivity index is 2.58. The van der Waals surface area contributed by atoms with Gasteiger partial charge in [-0.3, -0.25) is 4.18 Å². The van der Waals surface area contributed by atoms with Crippen molar-refractivity contribution in [2.75, 3.05) is 6.61 Å². The first-order chi connectivity index (χ1) is 8.65. The van der Waals surface area contributed by atoms with E-state index in [1.807, 2.05) is 0 Å². The first-order valence-electron chi connectivity index (χ1n) is 5.39. The highest BCUT2D eigenvalue weighted by Gasteiger charge is 2.19. The van der Waals surface area contributed by atoms with Gasteiger partial charge in [-0.2, -0.15) is 8.42 Å². The Labute approximate surface area is 106 Å². The van der Waals surface area contributed by atoms with E-state index in [0.717, 1.165) is 0 Å². The Kier molecular flexibility index (Phi) is 3.69. The number of benzene rings is 1. The molecule has 0 aliphatic rings. The predicted molar refractivity (Wildman–Crippen MR) is 66.3 cm³/mol. The lowest BCUT2D eigenvalue weighted by molar-refractivity contribution is 0.338. The van der Waals surface area contributed by atoms with Gasteiger partial charge in [0.2, 0.25) is 0 Å². The zero-order chi connectivity index (χ0) is 13.0. The third-order valence-corrected chi connectivity index (χ3v) is 3.74. The Bertz CT molecular complexity index is 627. The molecule has 0 aliphatic heterocycles. The van der Waals surface area contributed by atoms with Crippen molar-refractivity contribution in [2.24, 2.45) is 0 Å². The van der Waals surface area contributed by atoms with Gasteiger partial charge in [-0.25, -0.2) is 9.97 Å². The number of aromatic nitrogens is 2. The summed E-state index contributed by atoms with van der Waals surface area (Å²) >= 11 is 0. The molecule has 94 valence electrons. The highest BCUT2D eigenvalue weighted by molar-refractivity contribution is 7.87. The van der Waals surface area contributed by atoms with Crippen molar-refractivity contribution in [1.82, 2.24) is 9.97 Å². The van der Waals surface area contributed by atoms with Gasteiger partial charge in [0.05, 0.1) is 6.61 Å².